The van der Waals surface area contributed by atoms with Gasteiger partial charge in [0.1, 0.15) is 11.8 Å². The summed E-state index contributed by atoms with van der Waals surface area (Å²) in [6.45, 7) is 26.0. The minimum Gasteiger partial charge on any atom is -0.377 e. The van der Waals surface area contributed by atoms with Gasteiger partial charge in [0.25, 0.3) is 5.91 Å². The molecule has 0 unspecified atom stereocenters. The number of carbonyl (C=O) groups is 1. The molecule has 1 aliphatic rings. The molecule has 0 saturated heterocycles. The summed E-state index contributed by atoms with van der Waals surface area (Å²) >= 11 is 0. The topological polar surface area (TPSA) is 80.8 Å². The van der Waals surface area contributed by atoms with Crippen molar-refractivity contribution < 1.29 is 4.79 Å². The Balaban J connectivity index is 0.00000115. The minimum absolute atomic E-state index is 0.182. The molecule has 0 atom stereocenters. The smallest absolute Gasteiger partial charge is 0.265 e. The monoisotopic (exact) mass is 517 g/mol. The van der Waals surface area contributed by atoms with Gasteiger partial charge in [0.15, 0.2) is 0 Å². The highest BCUT2D eigenvalue weighted by Gasteiger charge is 2.14. The molecule has 0 spiro atoms. The van der Waals surface area contributed by atoms with Gasteiger partial charge in [-0.05, 0) is 70.2 Å². The standard InChI is InChI=1S/C24H35N3O.C8H12N2/c1-17(14-24(5,6)7)13-22-12-11-21(10-9-18(22)2)16-26-23(28)20(4)27-19(3)15-25-8;1-5-8(10(3)4)7(2)6-9/h10-12,15H,1,8-9,13-14,16H2,2-7H3,(H,26,28);5H,2H2,1,3-4H3/b19-15+,27-20?;8-5-. The average Bonchev–Trinajstić information content (AvgIpc) is 2.98. The van der Waals surface area contributed by atoms with Crippen molar-refractivity contribution in [2.45, 2.75) is 67.7 Å². The molecule has 0 fully saturated rings. The predicted molar refractivity (Wildman–Crippen MR) is 164 cm³/mol. The molecule has 0 saturated carbocycles. The van der Waals surface area contributed by atoms with E-state index in [0.717, 1.165) is 30.5 Å². The SMILES string of the molecule is C=C(C#N)/C(=C/C)N(C)C.C=N/C=C(\C)N=C(C)C(=O)NCC1=CCC(C)=C(CC(=C)CC(C)(C)C)C=C1. The highest BCUT2D eigenvalue weighted by Crippen LogP contribution is 2.29. The molecule has 0 aromatic carbocycles. The lowest BCUT2D eigenvalue weighted by Crippen LogP contribution is -2.30. The van der Waals surface area contributed by atoms with E-state index in [1.165, 1.54) is 22.9 Å². The highest BCUT2D eigenvalue weighted by molar-refractivity contribution is 6.38. The number of rotatable bonds is 10. The molecule has 1 amide bonds. The van der Waals surface area contributed by atoms with Crippen LogP contribution in [0, 0.1) is 16.7 Å². The number of allylic oxidation sites excluding steroid dienone is 8. The van der Waals surface area contributed by atoms with Crippen molar-refractivity contribution in [3.63, 3.8) is 0 Å². The van der Waals surface area contributed by atoms with Crippen LogP contribution in [0.15, 0.2) is 92.9 Å². The van der Waals surface area contributed by atoms with Gasteiger partial charge in [-0.2, -0.15) is 5.26 Å². The quantitative estimate of drug-likeness (QED) is 0.143. The zero-order chi connectivity index (χ0) is 29.5. The summed E-state index contributed by atoms with van der Waals surface area (Å²) in [6.07, 6.45) is 12.6. The fourth-order valence-corrected chi connectivity index (χ4v) is 3.80. The number of nitrogens with one attached hydrogen (secondary N) is 1. The van der Waals surface area contributed by atoms with Crippen LogP contribution in [0.3, 0.4) is 0 Å². The Morgan fingerprint density at radius 1 is 1.24 bits per heavy atom. The normalized spacial score (nSPS) is 14.4. The van der Waals surface area contributed by atoms with Crippen molar-refractivity contribution >= 4 is 18.3 Å². The highest BCUT2D eigenvalue weighted by atomic mass is 16.1. The summed E-state index contributed by atoms with van der Waals surface area (Å²) in [7, 11) is 3.77. The third kappa shape index (κ3) is 14.1. The number of aliphatic imine (C=N–C) groups is 2. The second-order valence-corrected chi connectivity index (χ2v) is 10.8. The maximum atomic E-state index is 12.2. The van der Waals surface area contributed by atoms with Crippen LogP contribution in [0.5, 0.6) is 0 Å². The summed E-state index contributed by atoms with van der Waals surface area (Å²) in [6, 6.07) is 1.99. The van der Waals surface area contributed by atoms with E-state index in [-0.39, 0.29) is 11.3 Å². The lowest BCUT2D eigenvalue weighted by Gasteiger charge is -2.20. The molecule has 0 heterocycles. The van der Waals surface area contributed by atoms with Crippen molar-refractivity contribution in [1.82, 2.24) is 10.2 Å². The molecule has 1 aliphatic carbocycles. The summed E-state index contributed by atoms with van der Waals surface area (Å²) in [5.41, 5.74) is 7.72. The van der Waals surface area contributed by atoms with Crippen molar-refractivity contribution in [3.05, 3.63) is 82.9 Å². The number of hydrogen-bond acceptors (Lipinski definition) is 5. The summed E-state index contributed by atoms with van der Waals surface area (Å²) < 4.78 is 0. The van der Waals surface area contributed by atoms with Crippen LogP contribution in [0.4, 0.5) is 0 Å². The van der Waals surface area contributed by atoms with Gasteiger partial charge in [-0.1, -0.05) is 69.4 Å². The zero-order valence-corrected chi connectivity index (χ0v) is 25.0. The van der Waals surface area contributed by atoms with Crippen molar-refractivity contribution in [2.24, 2.45) is 15.4 Å². The molecular formula is C32H47N5O. The largest absolute Gasteiger partial charge is 0.377 e. The number of hydrogen-bond donors (Lipinski definition) is 1. The van der Waals surface area contributed by atoms with Gasteiger partial charge in [0.05, 0.1) is 11.3 Å². The molecule has 0 bridgehead atoms. The Labute approximate surface area is 231 Å². The van der Waals surface area contributed by atoms with E-state index in [1.807, 2.05) is 38.1 Å². The maximum Gasteiger partial charge on any atom is 0.265 e. The number of likely N-dealkylation sites (N-methyl/N-ethyl adjacent to an activating group) is 1. The Morgan fingerprint density at radius 3 is 2.34 bits per heavy atom. The first-order valence-electron chi connectivity index (χ1n) is 12.8. The predicted octanol–water partition coefficient (Wildman–Crippen LogP) is 7.24. The van der Waals surface area contributed by atoms with Gasteiger partial charge in [-0.3, -0.25) is 14.8 Å². The molecular weight excluding hydrogens is 470 g/mol. The van der Waals surface area contributed by atoms with E-state index in [0.29, 0.717) is 23.5 Å². The van der Waals surface area contributed by atoms with Crippen molar-refractivity contribution in [1.29, 1.82) is 5.26 Å². The molecule has 0 radical (unpaired) electrons. The fraction of sp³-hybridized carbons (Fsp3) is 0.438. The van der Waals surface area contributed by atoms with E-state index in [2.05, 4.69) is 81.1 Å². The molecule has 1 rings (SSSR count). The lowest BCUT2D eigenvalue weighted by molar-refractivity contribution is -0.114. The third-order valence-corrected chi connectivity index (χ3v) is 5.54. The second kappa shape index (κ2) is 16.9. The van der Waals surface area contributed by atoms with Crippen LogP contribution in [0.2, 0.25) is 0 Å². The van der Waals surface area contributed by atoms with Crippen molar-refractivity contribution in [3.8, 4) is 6.07 Å². The van der Waals surface area contributed by atoms with E-state index < -0.39 is 0 Å². The molecule has 0 aromatic heterocycles. The minimum atomic E-state index is -0.182. The van der Waals surface area contributed by atoms with Gasteiger partial charge in [0, 0.05) is 32.5 Å². The van der Waals surface area contributed by atoms with Gasteiger partial charge < -0.3 is 10.2 Å². The lowest BCUT2D eigenvalue weighted by atomic mass is 9.85. The Kier molecular flexibility index (Phi) is 15.3. The van der Waals surface area contributed by atoms with Gasteiger partial charge in [-0.25, -0.2) is 0 Å². The Bertz CT molecular complexity index is 1110. The first-order chi connectivity index (χ1) is 17.6. The zero-order valence-electron chi connectivity index (χ0n) is 25.0. The number of carbonyl (C=O) groups excluding carboxylic acids is 1. The van der Waals surface area contributed by atoms with Gasteiger partial charge in [0.2, 0.25) is 0 Å². The van der Waals surface area contributed by atoms with Crippen LogP contribution in [-0.2, 0) is 4.79 Å². The molecule has 206 valence electrons. The molecule has 1 N–H and O–H groups in total. The molecule has 6 nitrogen and oxygen atoms in total. The van der Waals surface area contributed by atoms with E-state index in [4.69, 9.17) is 5.26 Å². The molecule has 38 heavy (non-hydrogen) atoms. The van der Waals surface area contributed by atoms with Crippen LogP contribution >= 0.6 is 0 Å². The van der Waals surface area contributed by atoms with Gasteiger partial charge >= 0.3 is 0 Å². The number of nitriles is 1. The first kappa shape index (κ1) is 34.3. The molecule has 0 aliphatic heterocycles. The number of nitrogens with zero attached hydrogens (tertiary/aromatic N) is 4. The maximum absolute atomic E-state index is 12.2. The van der Waals surface area contributed by atoms with Gasteiger partial charge in [-0.15, -0.1) is 0 Å². The molecule has 0 aromatic rings. The third-order valence-electron chi connectivity index (χ3n) is 5.54. The molecule has 6 heteroatoms. The average molecular weight is 518 g/mol. The fourth-order valence-electron chi connectivity index (χ4n) is 3.80. The van der Waals surface area contributed by atoms with Crippen LogP contribution < -0.4 is 5.32 Å². The number of amides is 1. The Morgan fingerprint density at radius 2 is 1.87 bits per heavy atom. The van der Waals surface area contributed by atoms with E-state index in [9.17, 15) is 4.79 Å². The summed E-state index contributed by atoms with van der Waals surface area (Å²) in [4.78, 5) is 22.0. The van der Waals surface area contributed by atoms with Crippen LogP contribution in [-0.4, -0.2) is 43.9 Å². The van der Waals surface area contributed by atoms with E-state index >= 15 is 0 Å². The summed E-state index contributed by atoms with van der Waals surface area (Å²) in [5, 5.41) is 11.4. The van der Waals surface area contributed by atoms with E-state index in [1.54, 1.807) is 13.8 Å². The van der Waals surface area contributed by atoms with Crippen LogP contribution in [0.1, 0.15) is 67.7 Å². The first-order valence-corrected chi connectivity index (χ1v) is 12.8. The van der Waals surface area contributed by atoms with Crippen LogP contribution in [0.25, 0.3) is 0 Å². The second-order valence-electron chi connectivity index (χ2n) is 10.8. The Hall–Kier alpha value is -3.72. The van der Waals surface area contributed by atoms with Crippen molar-refractivity contribution in [2.75, 3.05) is 20.6 Å². The summed E-state index contributed by atoms with van der Waals surface area (Å²) in [5.74, 6) is -0.182.